The zero-order valence-electron chi connectivity index (χ0n) is 16.0. The van der Waals surface area contributed by atoms with Crippen molar-refractivity contribution in [2.24, 2.45) is 5.41 Å². The molecule has 0 unspecified atom stereocenters. The average molecular weight is 379 g/mol. The van der Waals surface area contributed by atoms with Crippen molar-refractivity contribution in [1.82, 2.24) is 19.8 Å². The Labute approximate surface area is 164 Å². The van der Waals surface area contributed by atoms with Crippen LogP contribution in [-0.4, -0.2) is 64.3 Å². The zero-order valence-corrected chi connectivity index (χ0v) is 16.0. The van der Waals surface area contributed by atoms with Crippen LogP contribution in [0.15, 0.2) is 49.1 Å². The van der Waals surface area contributed by atoms with E-state index in [0.29, 0.717) is 30.8 Å². The van der Waals surface area contributed by atoms with E-state index in [0.717, 1.165) is 19.4 Å². The van der Waals surface area contributed by atoms with E-state index in [-0.39, 0.29) is 17.9 Å². The van der Waals surface area contributed by atoms with Crippen molar-refractivity contribution in [1.29, 1.82) is 0 Å². The molecule has 2 aliphatic heterocycles. The molecule has 7 nitrogen and oxygen atoms in total. The number of likely N-dealkylation sites (tertiary alicyclic amines) is 2. The molecule has 2 aliphatic rings. The summed E-state index contributed by atoms with van der Waals surface area (Å²) in [6.07, 6.45) is 8.87. The molecule has 1 N–H and O–H groups in total. The number of aromatic nitrogens is 2. The molecule has 2 aromatic rings. The van der Waals surface area contributed by atoms with Gasteiger partial charge in [-0.2, -0.15) is 0 Å². The molecule has 7 heteroatoms. The number of hydrogen-bond acceptors (Lipinski definition) is 5. The van der Waals surface area contributed by atoms with E-state index >= 15 is 0 Å². The van der Waals surface area contributed by atoms with Crippen molar-refractivity contribution in [2.75, 3.05) is 32.0 Å². The van der Waals surface area contributed by atoms with E-state index in [1.807, 2.05) is 17.0 Å². The summed E-state index contributed by atoms with van der Waals surface area (Å²) in [7, 11) is 2.07. The summed E-state index contributed by atoms with van der Waals surface area (Å²) in [5.74, 6) is 0.0425. The Morgan fingerprint density at radius 2 is 1.86 bits per heavy atom. The first kappa shape index (κ1) is 18.6. The van der Waals surface area contributed by atoms with Crippen LogP contribution in [-0.2, 0) is 4.79 Å². The van der Waals surface area contributed by atoms with E-state index in [4.69, 9.17) is 0 Å². The number of nitrogens with one attached hydrogen (secondary N) is 1. The highest BCUT2D eigenvalue weighted by molar-refractivity contribution is 5.97. The van der Waals surface area contributed by atoms with Crippen LogP contribution in [0.2, 0.25) is 0 Å². The quantitative estimate of drug-likeness (QED) is 0.883. The third-order valence-corrected chi connectivity index (χ3v) is 6.17. The van der Waals surface area contributed by atoms with Crippen LogP contribution in [0.5, 0.6) is 0 Å². The van der Waals surface area contributed by atoms with Crippen molar-refractivity contribution in [3.63, 3.8) is 0 Å². The minimum Gasteiger partial charge on any atom is -0.339 e. The Bertz CT molecular complexity index is 844. The summed E-state index contributed by atoms with van der Waals surface area (Å²) in [4.78, 5) is 38.4. The maximum absolute atomic E-state index is 13.3. The standard InChI is InChI=1S/C21H25N5O2/c1-25-13-7-21(20(28)24-17-3-2-9-23-15-17)8-14-26(12-6-18(21)25)19(27)16-4-10-22-11-5-16/h2-5,9-11,15,18H,6-8,12-14H2,1H3,(H,24,28)/t18-,21-/m0/s1. The predicted molar refractivity (Wildman–Crippen MR) is 106 cm³/mol. The van der Waals surface area contributed by atoms with Gasteiger partial charge in [-0.3, -0.25) is 19.6 Å². The molecule has 2 atom stereocenters. The summed E-state index contributed by atoms with van der Waals surface area (Å²) >= 11 is 0. The SMILES string of the molecule is CN1CC[C@]2(C(=O)Nc3cccnc3)CCN(C(=O)c3ccncc3)CC[C@H]12. The average Bonchev–Trinajstić information content (AvgIpc) is 2.93. The normalized spacial score (nSPS) is 25.0. The maximum Gasteiger partial charge on any atom is 0.253 e. The lowest BCUT2D eigenvalue weighted by Gasteiger charge is -2.34. The van der Waals surface area contributed by atoms with E-state index in [2.05, 4.69) is 27.2 Å². The fraction of sp³-hybridized carbons (Fsp3) is 0.429. The van der Waals surface area contributed by atoms with Gasteiger partial charge >= 0.3 is 0 Å². The van der Waals surface area contributed by atoms with Gasteiger partial charge in [0.05, 0.1) is 17.3 Å². The molecule has 0 aromatic carbocycles. The van der Waals surface area contributed by atoms with Crippen LogP contribution in [0.4, 0.5) is 5.69 Å². The second kappa shape index (κ2) is 7.67. The fourth-order valence-electron chi connectivity index (χ4n) is 4.58. The zero-order chi connectivity index (χ0) is 19.6. The van der Waals surface area contributed by atoms with Crippen LogP contribution >= 0.6 is 0 Å². The van der Waals surface area contributed by atoms with Crippen LogP contribution in [0, 0.1) is 5.41 Å². The summed E-state index contributed by atoms with van der Waals surface area (Å²) in [5.41, 5.74) is 0.867. The molecule has 28 heavy (non-hydrogen) atoms. The molecule has 0 spiro atoms. The lowest BCUT2D eigenvalue weighted by Crippen LogP contribution is -2.46. The first-order chi connectivity index (χ1) is 13.6. The van der Waals surface area contributed by atoms with Crippen molar-refractivity contribution in [3.05, 3.63) is 54.6 Å². The van der Waals surface area contributed by atoms with Gasteiger partial charge in [0.15, 0.2) is 0 Å². The van der Waals surface area contributed by atoms with Crippen molar-refractivity contribution < 1.29 is 9.59 Å². The highest BCUT2D eigenvalue weighted by atomic mass is 16.2. The fourth-order valence-corrected chi connectivity index (χ4v) is 4.58. The first-order valence-corrected chi connectivity index (χ1v) is 9.71. The summed E-state index contributed by atoms with van der Waals surface area (Å²) in [6.45, 7) is 2.12. The predicted octanol–water partition coefficient (Wildman–Crippen LogP) is 2.04. The second-order valence-corrected chi connectivity index (χ2v) is 7.67. The van der Waals surface area contributed by atoms with E-state index in [9.17, 15) is 9.59 Å². The Morgan fingerprint density at radius 1 is 1.07 bits per heavy atom. The molecule has 0 bridgehead atoms. The Kier molecular flexibility index (Phi) is 5.09. The molecule has 2 aromatic heterocycles. The number of pyridine rings is 2. The van der Waals surface area contributed by atoms with Gasteiger partial charge in [0.1, 0.15) is 0 Å². The van der Waals surface area contributed by atoms with Crippen LogP contribution in [0.3, 0.4) is 0 Å². The minimum absolute atomic E-state index is 0.00726. The monoisotopic (exact) mass is 379 g/mol. The highest BCUT2D eigenvalue weighted by Crippen LogP contribution is 2.44. The van der Waals surface area contributed by atoms with Crippen LogP contribution < -0.4 is 5.32 Å². The number of hydrogen-bond donors (Lipinski definition) is 1. The largest absolute Gasteiger partial charge is 0.339 e. The lowest BCUT2D eigenvalue weighted by atomic mass is 9.75. The van der Waals surface area contributed by atoms with Crippen molar-refractivity contribution >= 4 is 17.5 Å². The minimum atomic E-state index is -0.488. The number of carbonyl (C=O) groups is 2. The Hall–Kier alpha value is -2.80. The third-order valence-electron chi connectivity index (χ3n) is 6.17. The Morgan fingerprint density at radius 3 is 2.61 bits per heavy atom. The highest BCUT2D eigenvalue weighted by Gasteiger charge is 2.52. The van der Waals surface area contributed by atoms with Gasteiger partial charge in [-0.1, -0.05) is 0 Å². The van der Waals surface area contributed by atoms with Gasteiger partial charge in [-0.15, -0.1) is 0 Å². The Balaban J connectivity index is 1.55. The molecule has 0 saturated carbocycles. The van der Waals surface area contributed by atoms with E-state index in [1.54, 1.807) is 36.9 Å². The van der Waals surface area contributed by atoms with Crippen molar-refractivity contribution in [3.8, 4) is 0 Å². The number of rotatable bonds is 3. The topological polar surface area (TPSA) is 78.4 Å². The molecule has 2 fully saturated rings. The van der Waals surface area contributed by atoms with E-state index < -0.39 is 5.41 Å². The number of amides is 2. The number of nitrogens with zero attached hydrogens (tertiary/aromatic N) is 4. The molecule has 146 valence electrons. The van der Waals surface area contributed by atoms with Crippen LogP contribution in [0.1, 0.15) is 29.6 Å². The second-order valence-electron chi connectivity index (χ2n) is 7.67. The van der Waals surface area contributed by atoms with Gasteiger partial charge in [0, 0.05) is 43.3 Å². The maximum atomic E-state index is 13.3. The molecular weight excluding hydrogens is 354 g/mol. The van der Waals surface area contributed by atoms with E-state index in [1.165, 1.54) is 0 Å². The molecular formula is C21H25N5O2. The summed E-state index contributed by atoms with van der Waals surface area (Å²) in [6, 6.07) is 7.27. The molecule has 2 saturated heterocycles. The molecule has 0 radical (unpaired) electrons. The smallest absolute Gasteiger partial charge is 0.253 e. The molecule has 2 amide bonds. The van der Waals surface area contributed by atoms with Gasteiger partial charge in [-0.05, 0) is 57.1 Å². The van der Waals surface area contributed by atoms with Gasteiger partial charge in [-0.25, -0.2) is 0 Å². The van der Waals surface area contributed by atoms with Crippen molar-refractivity contribution in [2.45, 2.75) is 25.3 Å². The summed E-state index contributed by atoms with van der Waals surface area (Å²) < 4.78 is 0. The molecule has 4 heterocycles. The van der Waals surface area contributed by atoms with Gasteiger partial charge < -0.3 is 15.1 Å². The number of anilines is 1. The summed E-state index contributed by atoms with van der Waals surface area (Å²) in [5, 5.41) is 3.06. The molecule has 4 rings (SSSR count). The first-order valence-electron chi connectivity index (χ1n) is 9.71. The van der Waals surface area contributed by atoms with Gasteiger partial charge in [0.25, 0.3) is 5.91 Å². The van der Waals surface area contributed by atoms with Gasteiger partial charge in [0.2, 0.25) is 5.91 Å². The number of fused-ring (bicyclic) bond motifs is 1. The number of carbonyl (C=O) groups excluding carboxylic acids is 2. The molecule has 0 aliphatic carbocycles. The lowest BCUT2D eigenvalue weighted by molar-refractivity contribution is -0.127. The van der Waals surface area contributed by atoms with Crippen LogP contribution in [0.25, 0.3) is 0 Å². The third kappa shape index (κ3) is 3.38.